The Balaban J connectivity index is 3.06. The number of anilines is 1. The standard InChI is InChI=1S/C10H9N3/c11-6-4-8-2-1-3-9(5-7-12)10(8)13/h1-3H,4-5,13H2. The molecule has 0 unspecified atom stereocenters. The Hall–Kier alpha value is -2.00. The zero-order chi connectivity index (χ0) is 9.68. The molecule has 0 aliphatic carbocycles. The fourth-order valence-electron chi connectivity index (χ4n) is 1.14. The van der Waals surface area contributed by atoms with Gasteiger partial charge in [-0.25, -0.2) is 0 Å². The normalized spacial score (nSPS) is 8.77. The van der Waals surface area contributed by atoms with Crippen molar-refractivity contribution in [1.82, 2.24) is 0 Å². The number of para-hydroxylation sites is 1. The van der Waals surface area contributed by atoms with E-state index in [9.17, 15) is 0 Å². The predicted octanol–water partition coefficient (Wildman–Crippen LogP) is 1.40. The molecule has 0 aliphatic rings. The Morgan fingerprint density at radius 2 is 1.54 bits per heavy atom. The Labute approximate surface area is 77.0 Å². The number of nitrogens with two attached hydrogens (primary N) is 1. The van der Waals surface area contributed by atoms with Crippen molar-refractivity contribution in [2.24, 2.45) is 0 Å². The second-order valence-corrected chi connectivity index (χ2v) is 2.66. The lowest BCUT2D eigenvalue weighted by Gasteiger charge is -2.04. The van der Waals surface area contributed by atoms with Crippen LogP contribution in [0.5, 0.6) is 0 Å². The minimum atomic E-state index is 0.297. The van der Waals surface area contributed by atoms with E-state index in [1.54, 1.807) is 12.1 Å². The summed E-state index contributed by atoms with van der Waals surface area (Å²) >= 11 is 0. The number of hydrogen-bond donors (Lipinski definition) is 1. The number of rotatable bonds is 2. The maximum Gasteiger partial charge on any atom is 0.0670 e. The molecule has 0 fully saturated rings. The Morgan fingerprint density at radius 3 is 1.92 bits per heavy atom. The number of nitrogen functional groups attached to an aromatic ring is 1. The lowest BCUT2D eigenvalue weighted by molar-refractivity contribution is 1.21. The van der Waals surface area contributed by atoms with Crippen molar-refractivity contribution < 1.29 is 0 Å². The molecule has 0 heterocycles. The lowest BCUT2D eigenvalue weighted by Crippen LogP contribution is -1.98. The van der Waals surface area contributed by atoms with Gasteiger partial charge in [-0.15, -0.1) is 0 Å². The van der Waals surface area contributed by atoms with Crippen LogP contribution in [0.2, 0.25) is 0 Å². The van der Waals surface area contributed by atoms with Crippen LogP contribution in [0.1, 0.15) is 11.1 Å². The summed E-state index contributed by atoms with van der Waals surface area (Å²) in [7, 11) is 0. The second kappa shape index (κ2) is 4.13. The molecule has 1 aromatic carbocycles. The minimum absolute atomic E-state index is 0.297. The third-order valence-corrected chi connectivity index (χ3v) is 1.83. The highest BCUT2D eigenvalue weighted by Crippen LogP contribution is 2.17. The van der Waals surface area contributed by atoms with Crippen LogP contribution in [-0.2, 0) is 12.8 Å². The number of benzene rings is 1. The van der Waals surface area contributed by atoms with Gasteiger partial charge in [-0.3, -0.25) is 0 Å². The van der Waals surface area contributed by atoms with Crippen LogP contribution in [-0.4, -0.2) is 0 Å². The highest BCUT2D eigenvalue weighted by molar-refractivity contribution is 5.55. The molecule has 1 rings (SSSR count). The van der Waals surface area contributed by atoms with E-state index in [1.807, 2.05) is 18.2 Å². The first-order valence-electron chi connectivity index (χ1n) is 3.89. The molecule has 64 valence electrons. The van der Waals surface area contributed by atoms with E-state index in [-0.39, 0.29) is 0 Å². The van der Waals surface area contributed by atoms with Crippen molar-refractivity contribution in [2.75, 3.05) is 5.73 Å². The summed E-state index contributed by atoms with van der Waals surface area (Å²) in [6.07, 6.45) is 0.593. The van der Waals surface area contributed by atoms with Crippen LogP contribution in [0.25, 0.3) is 0 Å². The number of nitriles is 2. The maximum atomic E-state index is 8.49. The summed E-state index contributed by atoms with van der Waals surface area (Å²) < 4.78 is 0. The van der Waals surface area contributed by atoms with Crippen LogP contribution >= 0.6 is 0 Å². The highest BCUT2D eigenvalue weighted by atomic mass is 14.6. The molecule has 3 heteroatoms. The van der Waals surface area contributed by atoms with Gasteiger partial charge in [0.1, 0.15) is 0 Å². The molecular weight excluding hydrogens is 162 g/mol. The van der Waals surface area contributed by atoms with Crippen molar-refractivity contribution in [3.63, 3.8) is 0 Å². The molecule has 1 aromatic rings. The van der Waals surface area contributed by atoms with Crippen molar-refractivity contribution in [1.29, 1.82) is 10.5 Å². The fraction of sp³-hybridized carbons (Fsp3) is 0.200. The first-order valence-corrected chi connectivity index (χ1v) is 3.89. The quantitative estimate of drug-likeness (QED) is 0.683. The van der Waals surface area contributed by atoms with Crippen LogP contribution in [0, 0.1) is 22.7 Å². The van der Waals surface area contributed by atoms with E-state index in [0.717, 1.165) is 11.1 Å². The summed E-state index contributed by atoms with van der Waals surface area (Å²) in [5.41, 5.74) is 7.93. The summed E-state index contributed by atoms with van der Waals surface area (Å²) in [4.78, 5) is 0. The van der Waals surface area contributed by atoms with E-state index in [1.165, 1.54) is 0 Å². The fourth-order valence-corrected chi connectivity index (χ4v) is 1.14. The smallest absolute Gasteiger partial charge is 0.0670 e. The lowest BCUT2D eigenvalue weighted by atomic mass is 10.0. The van der Waals surface area contributed by atoms with Gasteiger partial charge in [-0.2, -0.15) is 10.5 Å². The van der Waals surface area contributed by atoms with Gasteiger partial charge < -0.3 is 5.73 Å². The van der Waals surface area contributed by atoms with Crippen molar-refractivity contribution >= 4 is 5.69 Å². The van der Waals surface area contributed by atoms with Crippen LogP contribution in [0.4, 0.5) is 5.69 Å². The predicted molar refractivity (Wildman–Crippen MR) is 49.5 cm³/mol. The average Bonchev–Trinajstić information content (AvgIpc) is 2.13. The molecule has 0 aromatic heterocycles. The van der Waals surface area contributed by atoms with Crippen molar-refractivity contribution in [2.45, 2.75) is 12.8 Å². The molecular formula is C10H9N3. The molecule has 0 saturated heterocycles. The van der Waals surface area contributed by atoms with Crippen LogP contribution in [0.15, 0.2) is 18.2 Å². The molecule has 0 radical (unpaired) electrons. The minimum Gasteiger partial charge on any atom is -0.398 e. The third kappa shape index (κ3) is 1.98. The molecule has 0 saturated carbocycles. The molecule has 0 spiro atoms. The monoisotopic (exact) mass is 171 g/mol. The SMILES string of the molecule is N#CCc1cccc(CC#N)c1N. The van der Waals surface area contributed by atoms with Gasteiger partial charge in [0, 0.05) is 5.69 Å². The van der Waals surface area contributed by atoms with Gasteiger partial charge >= 0.3 is 0 Å². The first-order chi connectivity index (χ1) is 6.29. The molecule has 3 nitrogen and oxygen atoms in total. The molecule has 13 heavy (non-hydrogen) atoms. The van der Waals surface area contributed by atoms with E-state index < -0.39 is 0 Å². The van der Waals surface area contributed by atoms with Gasteiger partial charge in [0.05, 0.1) is 25.0 Å². The van der Waals surface area contributed by atoms with Gasteiger partial charge in [0.25, 0.3) is 0 Å². The highest BCUT2D eigenvalue weighted by Gasteiger charge is 2.03. The van der Waals surface area contributed by atoms with Gasteiger partial charge in [0.2, 0.25) is 0 Å². The summed E-state index contributed by atoms with van der Waals surface area (Å²) in [5, 5.41) is 17.0. The largest absolute Gasteiger partial charge is 0.398 e. The first kappa shape index (κ1) is 9.09. The van der Waals surface area contributed by atoms with Crippen molar-refractivity contribution in [3.05, 3.63) is 29.3 Å². The van der Waals surface area contributed by atoms with E-state index in [4.69, 9.17) is 16.3 Å². The topological polar surface area (TPSA) is 73.6 Å². The van der Waals surface area contributed by atoms with E-state index >= 15 is 0 Å². The van der Waals surface area contributed by atoms with E-state index in [0.29, 0.717) is 18.5 Å². The Morgan fingerprint density at radius 1 is 1.08 bits per heavy atom. The number of nitrogens with zero attached hydrogens (tertiary/aromatic N) is 2. The molecule has 0 amide bonds. The van der Waals surface area contributed by atoms with Gasteiger partial charge in [0.15, 0.2) is 0 Å². The molecule has 0 aliphatic heterocycles. The summed E-state index contributed by atoms with van der Waals surface area (Å²) in [5.74, 6) is 0. The van der Waals surface area contributed by atoms with Crippen molar-refractivity contribution in [3.8, 4) is 12.1 Å². The van der Waals surface area contributed by atoms with Crippen LogP contribution in [0.3, 0.4) is 0 Å². The van der Waals surface area contributed by atoms with Crippen LogP contribution < -0.4 is 5.73 Å². The Kier molecular flexibility index (Phi) is 2.89. The zero-order valence-corrected chi connectivity index (χ0v) is 7.12. The Bertz CT molecular complexity index is 348. The zero-order valence-electron chi connectivity index (χ0n) is 7.12. The average molecular weight is 171 g/mol. The van der Waals surface area contributed by atoms with Gasteiger partial charge in [-0.05, 0) is 11.1 Å². The van der Waals surface area contributed by atoms with E-state index in [2.05, 4.69) is 0 Å². The second-order valence-electron chi connectivity index (χ2n) is 2.66. The maximum absolute atomic E-state index is 8.49. The number of hydrogen-bond acceptors (Lipinski definition) is 3. The molecule has 0 bridgehead atoms. The summed E-state index contributed by atoms with van der Waals surface area (Å²) in [6, 6.07) is 9.49. The summed E-state index contributed by atoms with van der Waals surface area (Å²) in [6.45, 7) is 0. The molecule has 0 atom stereocenters. The molecule has 2 N–H and O–H groups in total. The third-order valence-electron chi connectivity index (χ3n) is 1.83. The van der Waals surface area contributed by atoms with Gasteiger partial charge in [-0.1, -0.05) is 18.2 Å².